The number of nitrogens with zero attached hydrogens (tertiary/aromatic N) is 4. The minimum atomic E-state index is -0.0688. The summed E-state index contributed by atoms with van der Waals surface area (Å²) in [6.07, 6.45) is 4.50. The van der Waals surface area contributed by atoms with Crippen molar-refractivity contribution in [3.8, 4) is 11.3 Å². The Morgan fingerprint density at radius 2 is 2.13 bits per heavy atom. The number of amides is 1. The molecule has 122 valence electrons. The zero-order valence-electron chi connectivity index (χ0n) is 13.7. The molecule has 6 heteroatoms. The Bertz CT molecular complexity index is 664. The zero-order valence-corrected chi connectivity index (χ0v) is 13.7. The highest BCUT2D eigenvalue weighted by Gasteiger charge is 2.23. The molecule has 1 aliphatic rings. The van der Waals surface area contributed by atoms with Crippen LogP contribution in [-0.4, -0.2) is 44.9 Å². The van der Waals surface area contributed by atoms with Gasteiger partial charge in [0.15, 0.2) is 0 Å². The molecule has 0 bridgehead atoms. The summed E-state index contributed by atoms with van der Waals surface area (Å²) in [5, 5.41) is 11.3. The summed E-state index contributed by atoms with van der Waals surface area (Å²) in [6, 6.07) is 8.23. The second-order valence-corrected chi connectivity index (χ2v) is 6.01. The lowest BCUT2D eigenvalue weighted by atomic mass is 10.1. The van der Waals surface area contributed by atoms with Gasteiger partial charge in [0.2, 0.25) is 5.91 Å². The lowest BCUT2D eigenvalue weighted by Gasteiger charge is -2.22. The molecule has 1 amide bonds. The molecule has 0 saturated carbocycles. The van der Waals surface area contributed by atoms with Crippen molar-refractivity contribution < 1.29 is 4.79 Å². The molecular weight excluding hydrogens is 290 g/mol. The first-order valence-corrected chi connectivity index (χ1v) is 8.18. The van der Waals surface area contributed by atoms with Crippen LogP contribution in [0.4, 0.5) is 5.69 Å². The van der Waals surface area contributed by atoms with Gasteiger partial charge in [-0.05, 0) is 38.1 Å². The van der Waals surface area contributed by atoms with E-state index in [0.717, 1.165) is 30.0 Å². The van der Waals surface area contributed by atoms with E-state index < -0.39 is 0 Å². The largest absolute Gasteiger partial charge is 0.326 e. The highest BCUT2D eigenvalue weighted by molar-refractivity contribution is 5.88. The minimum absolute atomic E-state index is 0.0688. The van der Waals surface area contributed by atoms with E-state index in [0.29, 0.717) is 6.04 Å². The molecule has 3 rings (SSSR count). The summed E-state index contributed by atoms with van der Waals surface area (Å²) < 4.78 is 1.94. The highest BCUT2D eigenvalue weighted by Crippen LogP contribution is 2.21. The fourth-order valence-electron chi connectivity index (χ4n) is 3.18. The number of hydrogen-bond donors (Lipinski definition) is 1. The van der Waals surface area contributed by atoms with Gasteiger partial charge in [0.05, 0.1) is 12.7 Å². The van der Waals surface area contributed by atoms with Crippen LogP contribution in [0.2, 0.25) is 0 Å². The number of benzene rings is 1. The molecule has 23 heavy (non-hydrogen) atoms. The van der Waals surface area contributed by atoms with Crippen LogP contribution in [0.15, 0.2) is 30.5 Å². The van der Waals surface area contributed by atoms with Gasteiger partial charge in [-0.25, -0.2) is 0 Å². The molecule has 2 heterocycles. The van der Waals surface area contributed by atoms with Crippen molar-refractivity contribution in [2.24, 2.45) is 0 Å². The van der Waals surface area contributed by atoms with Crippen molar-refractivity contribution in [2.75, 3.05) is 18.4 Å². The Labute approximate surface area is 136 Å². The molecule has 6 nitrogen and oxygen atoms in total. The number of carbonyl (C=O) groups excluding carboxylic acids is 1. The van der Waals surface area contributed by atoms with Gasteiger partial charge in [0.25, 0.3) is 0 Å². The minimum Gasteiger partial charge on any atom is -0.326 e. The Balaban J connectivity index is 1.68. The Morgan fingerprint density at radius 3 is 2.83 bits per heavy atom. The topological polar surface area (TPSA) is 63.0 Å². The van der Waals surface area contributed by atoms with Crippen LogP contribution in [0, 0.1) is 0 Å². The number of rotatable bonds is 5. The quantitative estimate of drug-likeness (QED) is 0.920. The smallest absolute Gasteiger partial charge is 0.221 e. The van der Waals surface area contributed by atoms with Crippen LogP contribution < -0.4 is 5.32 Å². The lowest BCUT2D eigenvalue weighted by molar-refractivity contribution is -0.114. The van der Waals surface area contributed by atoms with E-state index in [-0.39, 0.29) is 5.91 Å². The van der Waals surface area contributed by atoms with Crippen molar-refractivity contribution in [3.05, 3.63) is 30.5 Å². The predicted octanol–water partition coefficient (Wildman–Crippen LogP) is 2.39. The number of carbonyl (C=O) groups is 1. The van der Waals surface area contributed by atoms with Crippen molar-refractivity contribution >= 4 is 11.6 Å². The number of aromatic nitrogens is 3. The van der Waals surface area contributed by atoms with Gasteiger partial charge in [-0.2, -0.15) is 0 Å². The second kappa shape index (κ2) is 6.91. The molecule has 1 aliphatic heterocycles. The number of anilines is 1. The first kappa shape index (κ1) is 15.7. The maximum Gasteiger partial charge on any atom is 0.221 e. The van der Waals surface area contributed by atoms with Gasteiger partial charge in [0.1, 0.15) is 5.69 Å². The van der Waals surface area contributed by atoms with Gasteiger partial charge in [-0.3, -0.25) is 14.4 Å². The monoisotopic (exact) mass is 313 g/mol. The summed E-state index contributed by atoms with van der Waals surface area (Å²) in [5.41, 5.74) is 2.66. The summed E-state index contributed by atoms with van der Waals surface area (Å²) in [4.78, 5) is 13.6. The normalized spacial score (nSPS) is 18.3. The molecule has 1 N–H and O–H groups in total. The van der Waals surface area contributed by atoms with Crippen LogP contribution in [-0.2, 0) is 11.3 Å². The lowest BCUT2D eigenvalue weighted by Crippen LogP contribution is -2.32. The third-order valence-corrected chi connectivity index (χ3v) is 4.34. The van der Waals surface area contributed by atoms with Crippen LogP contribution in [0.25, 0.3) is 11.3 Å². The standard InChI is InChI=1S/C17H23N5O/c1-3-21-10-4-5-16(21)11-22-12-17(19-20-22)14-6-8-15(9-7-14)18-13(2)23/h6-9,12,16H,3-5,10-11H2,1-2H3,(H,18,23)/t16-/m1/s1. The fourth-order valence-corrected chi connectivity index (χ4v) is 3.18. The van der Waals surface area contributed by atoms with Crippen molar-refractivity contribution in [1.29, 1.82) is 0 Å². The summed E-state index contributed by atoms with van der Waals surface area (Å²) >= 11 is 0. The van der Waals surface area contributed by atoms with E-state index in [1.165, 1.54) is 26.3 Å². The van der Waals surface area contributed by atoms with Gasteiger partial charge < -0.3 is 5.32 Å². The van der Waals surface area contributed by atoms with Crippen molar-refractivity contribution in [2.45, 2.75) is 39.3 Å². The third kappa shape index (κ3) is 3.76. The van der Waals surface area contributed by atoms with E-state index in [9.17, 15) is 4.79 Å². The molecular formula is C17H23N5O. The molecule has 0 aliphatic carbocycles. The maximum atomic E-state index is 11.0. The molecule has 0 spiro atoms. The molecule has 1 aromatic carbocycles. The van der Waals surface area contributed by atoms with Crippen molar-refractivity contribution in [1.82, 2.24) is 19.9 Å². The first-order chi connectivity index (χ1) is 11.2. The van der Waals surface area contributed by atoms with Crippen LogP contribution in [0.5, 0.6) is 0 Å². The van der Waals surface area contributed by atoms with Crippen LogP contribution in [0.3, 0.4) is 0 Å². The van der Waals surface area contributed by atoms with E-state index in [1.807, 2.05) is 35.1 Å². The SMILES string of the molecule is CCN1CCC[C@@H]1Cn1cc(-c2ccc(NC(C)=O)cc2)nn1. The molecule has 1 atom stereocenters. The Morgan fingerprint density at radius 1 is 1.35 bits per heavy atom. The van der Waals surface area contributed by atoms with E-state index in [1.54, 1.807) is 0 Å². The van der Waals surface area contributed by atoms with E-state index in [4.69, 9.17) is 0 Å². The Kier molecular flexibility index (Phi) is 4.71. The fraction of sp³-hybridized carbons (Fsp3) is 0.471. The summed E-state index contributed by atoms with van der Waals surface area (Å²) in [6.45, 7) is 6.89. The van der Waals surface area contributed by atoms with E-state index in [2.05, 4.69) is 27.5 Å². The molecule has 0 radical (unpaired) electrons. The molecule has 1 aromatic heterocycles. The highest BCUT2D eigenvalue weighted by atomic mass is 16.1. The van der Waals surface area contributed by atoms with Crippen LogP contribution >= 0.6 is 0 Å². The van der Waals surface area contributed by atoms with E-state index >= 15 is 0 Å². The van der Waals surface area contributed by atoms with Gasteiger partial charge >= 0.3 is 0 Å². The van der Waals surface area contributed by atoms with Crippen LogP contribution in [0.1, 0.15) is 26.7 Å². The zero-order chi connectivity index (χ0) is 16.2. The molecule has 0 unspecified atom stereocenters. The van der Waals surface area contributed by atoms with Gasteiger partial charge in [-0.15, -0.1) is 5.10 Å². The second-order valence-electron chi connectivity index (χ2n) is 6.01. The average molecular weight is 313 g/mol. The molecule has 1 fully saturated rings. The van der Waals surface area contributed by atoms with Crippen molar-refractivity contribution in [3.63, 3.8) is 0 Å². The third-order valence-electron chi connectivity index (χ3n) is 4.34. The Hall–Kier alpha value is -2.21. The number of nitrogens with one attached hydrogen (secondary N) is 1. The molecule has 1 saturated heterocycles. The number of likely N-dealkylation sites (tertiary alicyclic amines) is 1. The average Bonchev–Trinajstić information content (AvgIpc) is 3.17. The number of hydrogen-bond acceptors (Lipinski definition) is 4. The molecule has 2 aromatic rings. The first-order valence-electron chi connectivity index (χ1n) is 8.18. The van der Waals surface area contributed by atoms with Gasteiger partial charge in [-0.1, -0.05) is 24.3 Å². The predicted molar refractivity (Wildman–Crippen MR) is 90.0 cm³/mol. The number of likely N-dealkylation sites (N-methyl/N-ethyl adjacent to an activating group) is 1. The summed E-state index contributed by atoms with van der Waals surface area (Å²) in [5.74, 6) is -0.0688. The van der Waals surface area contributed by atoms with Gasteiger partial charge in [0, 0.05) is 24.2 Å². The summed E-state index contributed by atoms with van der Waals surface area (Å²) in [7, 11) is 0. The maximum absolute atomic E-state index is 11.0.